The molecule has 4 rings (SSSR count). The van der Waals surface area contributed by atoms with E-state index in [-0.39, 0.29) is 5.91 Å². The van der Waals surface area contributed by atoms with Gasteiger partial charge in [0.1, 0.15) is 0 Å². The molecule has 0 bridgehead atoms. The molecule has 1 aliphatic rings. The summed E-state index contributed by atoms with van der Waals surface area (Å²) in [7, 11) is 0. The molecule has 5 nitrogen and oxygen atoms in total. The lowest BCUT2D eigenvalue weighted by molar-refractivity contribution is 0.0342. The second kappa shape index (κ2) is 8.87. The summed E-state index contributed by atoms with van der Waals surface area (Å²) >= 11 is 0. The van der Waals surface area contributed by atoms with Gasteiger partial charge in [-0.05, 0) is 29.3 Å². The van der Waals surface area contributed by atoms with Gasteiger partial charge in [0.15, 0.2) is 0 Å². The van der Waals surface area contributed by atoms with Gasteiger partial charge >= 0.3 is 0 Å². The molecule has 0 aliphatic carbocycles. The number of morpholine rings is 1. The summed E-state index contributed by atoms with van der Waals surface area (Å²) in [5, 5.41) is 2.98. The van der Waals surface area contributed by atoms with Crippen molar-refractivity contribution in [2.75, 3.05) is 31.6 Å². The van der Waals surface area contributed by atoms with Crippen molar-refractivity contribution in [3.05, 3.63) is 89.7 Å². The van der Waals surface area contributed by atoms with Crippen molar-refractivity contribution >= 4 is 11.6 Å². The third-order valence-corrected chi connectivity index (χ3v) is 4.94. The van der Waals surface area contributed by atoms with Crippen LogP contribution in [0.25, 0.3) is 0 Å². The number of carbonyl (C=O) groups excluding carboxylic acids is 1. The van der Waals surface area contributed by atoms with E-state index in [4.69, 9.17) is 4.74 Å². The molecule has 0 unspecified atom stereocenters. The number of hydrogen-bond donors (Lipinski definition) is 1. The summed E-state index contributed by atoms with van der Waals surface area (Å²) in [6.45, 7) is 5.22. The fraction of sp³-hybridized carbons (Fsp3) is 0.261. The lowest BCUT2D eigenvalue weighted by Gasteiger charge is -2.26. The maximum atomic E-state index is 12.5. The number of nitrogens with one attached hydrogen (secondary N) is 1. The molecule has 5 heteroatoms. The minimum Gasteiger partial charge on any atom is -0.379 e. The predicted octanol–water partition coefficient (Wildman–Crippen LogP) is 3.62. The Kier molecular flexibility index (Phi) is 5.85. The number of nitrogens with zero attached hydrogens (tertiary/aromatic N) is 2. The molecule has 1 aliphatic heterocycles. The highest BCUT2D eigenvalue weighted by atomic mass is 16.5. The first-order valence-electron chi connectivity index (χ1n) is 9.66. The lowest BCUT2D eigenvalue weighted by Crippen LogP contribution is -2.35. The van der Waals surface area contributed by atoms with Crippen LogP contribution in [-0.4, -0.2) is 41.7 Å². The van der Waals surface area contributed by atoms with Crippen LogP contribution in [0.3, 0.4) is 0 Å². The number of aromatic nitrogens is 1. The Morgan fingerprint density at radius 1 is 0.893 bits per heavy atom. The van der Waals surface area contributed by atoms with Crippen LogP contribution in [-0.2, 0) is 17.8 Å². The second-order valence-electron chi connectivity index (χ2n) is 7.10. The van der Waals surface area contributed by atoms with Crippen LogP contribution in [0.2, 0.25) is 0 Å². The van der Waals surface area contributed by atoms with Gasteiger partial charge < -0.3 is 14.6 Å². The molecule has 1 fully saturated rings. The fourth-order valence-corrected chi connectivity index (χ4v) is 3.38. The monoisotopic (exact) mass is 375 g/mol. The molecule has 0 radical (unpaired) electrons. The van der Waals surface area contributed by atoms with E-state index in [0.29, 0.717) is 5.56 Å². The highest BCUT2D eigenvalue weighted by molar-refractivity contribution is 6.04. The Labute approximate surface area is 165 Å². The number of rotatable bonds is 6. The molecule has 2 aromatic carbocycles. The van der Waals surface area contributed by atoms with Crippen molar-refractivity contribution in [1.29, 1.82) is 0 Å². The molecule has 1 saturated heterocycles. The number of benzene rings is 2. The fourth-order valence-electron chi connectivity index (χ4n) is 3.38. The maximum Gasteiger partial charge on any atom is 0.257 e. The molecule has 1 aromatic heterocycles. The first-order valence-corrected chi connectivity index (χ1v) is 9.66. The quantitative estimate of drug-likeness (QED) is 0.716. The summed E-state index contributed by atoms with van der Waals surface area (Å²) in [4.78, 5) is 14.9. The van der Waals surface area contributed by atoms with E-state index in [1.165, 1.54) is 11.1 Å². The summed E-state index contributed by atoms with van der Waals surface area (Å²) < 4.78 is 7.41. The smallest absolute Gasteiger partial charge is 0.257 e. The van der Waals surface area contributed by atoms with E-state index in [1.54, 1.807) is 0 Å². The summed E-state index contributed by atoms with van der Waals surface area (Å²) in [6, 6.07) is 20.1. The minimum atomic E-state index is -0.0901. The standard InChI is InChI=1S/C23H25N3O2/c27-23(21-10-11-26(18-21)17-19-4-2-1-3-5-19)24-22-8-6-20(7-9-22)16-25-12-14-28-15-13-25/h1-11,18H,12-17H2,(H,24,27). The average molecular weight is 375 g/mol. The zero-order valence-corrected chi connectivity index (χ0v) is 15.9. The van der Waals surface area contributed by atoms with Crippen molar-refractivity contribution in [1.82, 2.24) is 9.47 Å². The van der Waals surface area contributed by atoms with Crippen LogP contribution in [0.5, 0.6) is 0 Å². The summed E-state index contributed by atoms with van der Waals surface area (Å²) in [5.74, 6) is -0.0901. The van der Waals surface area contributed by atoms with Gasteiger partial charge in [-0.1, -0.05) is 42.5 Å². The third-order valence-electron chi connectivity index (χ3n) is 4.94. The zero-order chi connectivity index (χ0) is 19.2. The molecule has 28 heavy (non-hydrogen) atoms. The van der Waals surface area contributed by atoms with Gasteiger partial charge in [-0.25, -0.2) is 0 Å². The van der Waals surface area contributed by atoms with Gasteiger partial charge in [-0.2, -0.15) is 0 Å². The Morgan fingerprint density at radius 3 is 2.36 bits per heavy atom. The molecule has 3 aromatic rings. The Morgan fingerprint density at radius 2 is 1.61 bits per heavy atom. The Balaban J connectivity index is 1.33. The van der Waals surface area contributed by atoms with E-state index in [9.17, 15) is 4.79 Å². The van der Waals surface area contributed by atoms with E-state index >= 15 is 0 Å². The molecular weight excluding hydrogens is 350 g/mol. The van der Waals surface area contributed by atoms with Gasteiger partial charge in [0.05, 0.1) is 18.8 Å². The van der Waals surface area contributed by atoms with Gasteiger partial charge in [-0.3, -0.25) is 9.69 Å². The van der Waals surface area contributed by atoms with Crippen molar-refractivity contribution < 1.29 is 9.53 Å². The van der Waals surface area contributed by atoms with Crippen LogP contribution >= 0.6 is 0 Å². The van der Waals surface area contributed by atoms with E-state index in [0.717, 1.165) is 45.1 Å². The normalized spacial score (nSPS) is 14.7. The van der Waals surface area contributed by atoms with Crippen LogP contribution < -0.4 is 5.32 Å². The summed E-state index contributed by atoms with van der Waals surface area (Å²) in [5.41, 5.74) is 3.93. The molecule has 1 N–H and O–H groups in total. The maximum absolute atomic E-state index is 12.5. The highest BCUT2D eigenvalue weighted by Gasteiger charge is 2.11. The first kappa shape index (κ1) is 18.5. The van der Waals surface area contributed by atoms with Crippen molar-refractivity contribution in [3.8, 4) is 0 Å². The molecule has 0 spiro atoms. The van der Waals surface area contributed by atoms with Gasteiger partial charge in [0.25, 0.3) is 5.91 Å². The Bertz CT molecular complexity index is 897. The lowest BCUT2D eigenvalue weighted by atomic mass is 10.2. The Hall–Kier alpha value is -2.89. The first-order chi connectivity index (χ1) is 13.8. The molecule has 0 atom stereocenters. The van der Waals surface area contributed by atoms with Crippen molar-refractivity contribution in [3.63, 3.8) is 0 Å². The molecule has 0 saturated carbocycles. The summed E-state index contributed by atoms with van der Waals surface area (Å²) in [6.07, 6.45) is 3.82. The number of anilines is 1. The van der Waals surface area contributed by atoms with Crippen LogP contribution in [0.4, 0.5) is 5.69 Å². The van der Waals surface area contributed by atoms with E-state index in [1.807, 2.05) is 53.4 Å². The predicted molar refractivity (Wildman–Crippen MR) is 110 cm³/mol. The molecule has 2 heterocycles. The number of ether oxygens (including phenoxy) is 1. The average Bonchev–Trinajstić information content (AvgIpc) is 3.20. The van der Waals surface area contributed by atoms with Crippen LogP contribution in [0, 0.1) is 0 Å². The highest BCUT2D eigenvalue weighted by Crippen LogP contribution is 2.14. The minimum absolute atomic E-state index is 0.0901. The third kappa shape index (κ3) is 4.88. The van der Waals surface area contributed by atoms with Gasteiger partial charge in [-0.15, -0.1) is 0 Å². The number of hydrogen-bond acceptors (Lipinski definition) is 3. The largest absolute Gasteiger partial charge is 0.379 e. The van der Waals surface area contributed by atoms with E-state index in [2.05, 4.69) is 34.5 Å². The van der Waals surface area contributed by atoms with Gasteiger partial charge in [0.2, 0.25) is 0 Å². The van der Waals surface area contributed by atoms with Gasteiger partial charge in [0, 0.05) is 44.3 Å². The zero-order valence-electron chi connectivity index (χ0n) is 15.9. The number of amides is 1. The van der Waals surface area contributed by atoms with E-state index < -0.39 is 0 Å². The second-order valence-corrected chi connectivity index (χ2v) is 7.10. The topological polar surface area (TPSA) is 46.5 Å². The molecule has 1 amide bonds. The number of carbonyl (C=O) groups is 1. The molecule has 144 valence electrons. The SMILES string of the molecule is O=C(Nc1ccc(CN2CCOCC2)cc1)c1ccn(Cc2ccccc2)c1. The van der Waals surface area contributed by atoms with Crippen LogP contribution in [0.15, 0.2) is 73.1 Å². The molecular formula is C23H25N3O2. The van der Waals surface area contributed by atoms with Crippen molar-refractivity contribution in [2.24, 2.45) is 0 Å². The van der Waals surface area contributed by atoms with Crippen molar-refractivity contribution in [2.45, 2.75) is 13.1 Å². The van der Waals surface area contributed by atoms with Crippen LogP contribution in [0.1, 0.15) is 21.5 Å².